The minimum Gasteiger partial charge on any atom is -0.478 e. The van der Waals surface area contributed by atoms with Crippen molar-refractivity contribution < 1.29 is 9.90 Å². The summed E-state index contributed by atoms with van der Waals surface area (Å²) in [6.45, 7) is 0. The van der Waals surface area contributed by atoms with E-state index in [1.165, 1.54) is 6.07 Å². The van der Waals surface area contributed by atoms with E-state index in [9.17, 15) is 4.79 Å². The normalized spacial score (nSPS) is 10.0. The van der Waals surface area contributed by atoms with Crippen LogP contribution in [0.2, 0.25) is 0 Å². The summed E-state index contributed by atoms with van der Waals surface area (Å²) >= 11 is 0. The predicted molar refractivity (Wildman–Crippen MR) is 58.8 cm³/mol. The first-order valence-electron chi connectivity index (χ1n) is 4.59. The number of nitrogens with two attached hydrogens (primary N) is 1. The zero-order valence-electron chi connectivity index (χ0n) is 8.29. The van der Waals surface area contributed by atoms with Gasteiger partial charge in [-0.05, 0) is 18.2 Å². The molecule has 5 nitrogen and oxygen atoms in total. The van der Waals surface area contributed by atoms with Gasteiger partial charge in [0.05, 0.1) is 11.3 Å². The van der Waals surface area contributed by atoms with E-state index in [1.54, 1.807) is 30.6 Å². The van der Waals surface area contributed by atoms with Crippen molar-refractivity contribution in [3.8, 4) is 11.4 Å². The highest BCUT2D eigenvalue weighted by Gasteiger charge is 2.13. The van der Waals surface area contributed by atoms with Crippen LogP contribution in [0.4, 0.5) is 5.69 Å². The topological polar surface area (TPSA) is 89.1 Å². The third-order valence-corrected chi connectivity index (χ3v) is 2.14. The Hall–Kier alpha value is -2.43. The molecule has 0 spiro atoms. The van der Waals surface area contributed by atoms with Gasteiger partial charge >= 0.3 is 5.97 Å². The molecule has 0 unspecified atom stereocenters. The van der Waals surface area contributed by atoms with Crippen molar-refractivity contribution in [2.75, 3.05) is 5.73 Å². The van der Waals surface area contributed by atoms with E-state index in [0.717, 1.165) is 0 Å². The zero-order chi connectivity index (χ0) is 11.5. The van der Waals surface area contributed by atoms with Crippen LogP contribution in [0.3, 0.4) is 0 Å². The number of hydrogen-bond donors (Lipinski definition) is 2. The molecule has 2 rings (SSSR count). The summed E-state index contributed by atoms with van der Waals surface area (Å²) in [5.41, 5.74) is 6.53. The number of rotatable bonds is 2. The number of carbonyl (C=O) groups is 1. The maximum Gasteiger partial charge on any atom is 0.337 e. The highest BCUT2D eigenvalue weighted by atomic mass is 16.4. The average molecular weight is 215 g/mol. The standard InChI is InChI=1S/C11H9N3O2/c12-9-7(10-13-5-2-6-14-10)3-1-4-8(9)11(15)16/h1-6H,12H2,(H,15,16). The summed E-state index contributed by atoms with van der Waals surface area (Å²) in [5, 5.41) is 8.92. The number of hydrogen-bond acceptors (Lipinski definition) is 4. The molecule has 0 saturated carbocycles. The number of para-hydroxylation sites is 1. The molecule has 16 heavy (non-hydrogen) atoms. The van der Waals surface area contributed by atoms with E-state index >= 15 is 0 Å². The number of nitrogen functional groups attached to an aromatic ring is 1. The van der Waals surface area contributed by atoms with Gasteiger partial charge in [-0.15, -0.1) is 0 Å². The van der Waals surface area contributed by atoms with Crippen LogP contribution in [-0.2, 0) is 0 Å². The third kappa shape index (κ3) is 1.70. The van der Waals surface area contributed by atoms with Gasteiger partial charge in [-0.25, -0.2) is 14.8 Å². The molecular formula is C11H9N3O2. The fourth-order valence-corrected chi connectivity index (χ4v) is 1.38. The average Bonchev–Trinajstić information content (AvgIpc) is 2.30. The molecule has 1 aromatic heterocycles. The highest BCUT2D eigenvalue weighted by molar-refractivity contribution is 5.97. The number of benzene rings is 1. The number of nitrogens with zero attached hydrogens (tertiary/aromatic N) is 2. The van der Waals surface area contributed by atoms with Crippen molar-refractivity contribution in [1.82, 2.24) is 9.97 Å². The molecule has 0 fully saturated rings. The van der Waals surface area contributed by atoms with E-state index in [4.69, 9.17) is 10.8 Å². The lowest BCUT2D eigenvalue weighted by molar-refractivity contribution is 0.0698. The van der Waals surface area contributed by atoms with Crippen molar-refractivity contribution in [3.05, 3.63) is 42.2 Å². The Bertz CT molecular complexity index is 526. The van der Waals surface area contributed by atoms with Gasteiger partial charge in [0.25, 0.3) is 0 Å². The fraction of sp³-hybridized carbons (Fsp3) is 0. The second-order valence-electron chi connectivity index (χ2n) is 3.14. The van der Waals surface area contributed by atoms with E-state index < -0.39 is 5.97 Å². The van der Waals surface area contributed by atoms with Crippen LogP contribution in [-0.4, -0.2) is 21.0 Å². The highest BCUT2D eigenvalue weighted by Crippen LogP contribution is 2.25. The maximum atomic E-state index is 10.9. The van der Waals surface area contributed by atoms with Gasteiger partial charge in [-0.3, -0.25) is 0 Å². The first-order valence-corrected chi connectivity index (χ1v) is 4.59. The summed E-state index contributed by atoms with van der Waals surface area (Å²) in [6, 6.07) is 6.44. The Morgan fingerprint density at radius 2 is 1.88 bits per heavy atom. The molecule has 0 saturated heterocycles. The van der Waals surface area contributed by atoms with E-state index in [2.05, 4.69) is 9.97 Å². The molecule has 0 aliphatic carbocycles. The van der Waals surface area contributed by atoms with Crippen LogP contribution in [0.1, 0.15) is 10.4 Å². The lowest BCUT2D eigenvalue weighted by Gasteiger charge is -2.06. The molecule has 5 heteroatoms. The molecule has 3 N–H and O–H groups in total. The summed E-state index contributed by atoms with van der Waals surface area (Å²) in [4.78, 5) is 18.9. The lowest BCUT2D eigenvalue weighted by atomic mass is 10.1. The summed E-state index contributed by atoms with van der Waals surface area (Å²) in [6.07, 6.45) is 3.16. The number of carboxylic acid groups (broad SMARTS) is 1. The Labute approximate surface area is 91.6 Å². The molecular weight excluding hydrogens is 206 g/mol. The van der Waals surface area contributed by atoms with Gasteiger partial charge in [0.1, 0.15) is 0 Å². The second kappa shape index (κ2) is 3.98. The summed E-state index contributed by atoms with van der Waals surface area (Å²) < 4.78 is 0. The maximum absolute atomic E-state index is 10.9. The van der Waals surface area contributed by atoms with Crippen LogP contribution < -0.4 is 5.73 Å². The molecule has 1 aromatic carbocycles. The Kier molecular flexibility index (Phi) is 2.51. The van der Waals surface area contributed by atoms with Crippen LogP contribution >= 0.6 is 0 Å². The van der Waals surface area contributed by atoms with Gasteiger partial charge in [-0.1, -0.05) is 6.07 Å². The van der Waals surface area contributed by atoms with Crippen molar-refractivity contribution in [3.63, 3.8) is 0 Å². The molecule has 0 aliphatic heterocycles. The molecule has 0 atom stereocenters. The summed E-state index contributed by atoms with van der Waals surface area (Å²) in [5.74, 6) is -0.640. The Morgan fingerprint density at radius 1 is 1.19 bits per heavy atom. The molecule has 0 aliphatic rings. The van der Waals surface area contributed by atoms with E-state index in [-0.39, 0.29) is 11.3 Å². The Morgan fingerprint density at radius 3 is 2.50 bits per heavy atom. The van der Waals surface area contributed by atoms with E-state index in [0.29, 0.717) is 11.4 Å². The molecule has 2 aromatic rings. The second-order valence-corrected chi connectivity index (χ2v) is 3.14. The lowest BCUT2D eigenvalue weighted by Crippen LogP contribution is -2.04. The molecule has 0 bridgehead atoms. The quantitative estimate of drug-likeness (QED) is 0.739. The SMILES string of the molecule is Nc1c(C(=O)O)cccc1-c1ncccn1. The largest absolute Gasteiger partial charge is 0.478 e. The third-order valence-electron chi connectivity index (χ3n) is 2.14. The van der Waals surface area contributed by atoms with Crippen LogP contribution in [0, 0.1) is 0 Å². The molecule has 1 heterocycles. The Balaban J connectivity index is 2.59. The van der Waals surface area contributed by atoms with Gasteiger partial charge in [0.15, 0.2) is 5.82 Å². The molecule has 0 radical (unpaired) electrons. The van der Waals surface area contributed by atoms with Crippen LogP contribution in [0.25, 0.3) is 11.4 Å². The first kappa shape index (κ1) is 10.1. The van der Waals surface area contributed by atoms with Gasteiger partial charge in [0.2, 0.25) is 0 Å². The van der Waals surface area contributed by atoms with Crippen molar-refractivity contribution >= 4 is 11.7 Å². The van der Waals surface area contributed by atoms with Crippen molar-refractivity contribution in [2.45, 2.75) is 0 Å². The smallest absolute Gasteiger partial charge is 0.337 e. The fourth-order valence-electron chi connectivity index (χ4n) is 1.38. The minimum atomic E-state index is -1.06. The zero-order valence-corrected chi connectivity index (χ0v) is 8.29. The van der Waals surface area contributed by atoms with Gasteiger partial charge in [-0.2, -0.15) is 0 Å². The van der Waals surface area contributed by atoms with Crippen LogP contribution in [0.15, 0.2) is 36.7 Å². The monoisotopic (exact) mass is 215 g/mol. The number of anilines is 1. The van der Waals surface area contributed by atoms with Crippen molar-refractivity contribution in [2.24, 2.45) is 0 Å². The van der Waals surface area contributed by atoms with Crippen LogP contribution in [0.5, 0.6) is 0 Å². The minimum absolute atomic E-state index is 0.0601. The number of aromatic carboxylic acids is 1. The molecule has 0 amide bonds. The van der Waals surface area contributed by atoms with E-state index in [1.807, 2.05) is 0 Å². The molecule has 80 valence electrons. The predicted octanol–water partition coefficient (Wildman–Crippen LogP) is 1.42. The first-order chi connectivity index (χ1) is 7.70. The van der Waals surface area contributed by atoms with Gasteiger partial charge < -0.3 is 10.8 Å². The number of aromatic nitrogens is 2. The number of carboxylic acids is 1. The van der Waals surface area contributed by atoms with Crippen molar-refractivity contribution in [1.29, 1.82) is 0 Å². The van der Waals surface area contributed by atoms with Gasteiger partial charge in [0, 0.05) is 18.0 Å². The summed E-state index contributed by atoms with van der Waals surface area (Å²) in [7, 11) is 0.